The van der Waals surface area contributed by atoms with Gasteiger partial charge in [-0.15, -0.1) is 0 Å². The molecule has 1 saturated carbocycles. The minimum Gasteiger partial charge on any atom is -0.346 e. The SMILES string of the molecule is N#Cc1cc2ccc(CNCC3CCC3)cc2[nH]1. The molecule has 0 amide bonds. The highest BCUT2D eigenvalue weighted by atomic mass is 14.9. The van der Waals surface area contributed by atoms with E-state index in [0.29, 0.717) is 5.69 Å². The van der Waals surface area contributed by atoms with Crippen molar-refractivity contribution in [1.82, 2.24) is 10.3 Å². The van der Waals surface area contributed by atoms with Gasteiger partial charge in [0, 0.05) is 17.4 Å². The Balaban J connectivity index is 1.66. The van der Waals surface area contributed by atoms with Gasteiger partial charge in [-0.1, -0.05) is 18.6 Å². The Morgan fingerprint density at radius 1 is 1.33 bits per heavy atom. The number of H-pyrrole nitrogens is 1. The van der Waals surface area contributed by atoms with Crippen molar-refractivity contribution in [2.45, 2.75) is 25.8 Å². The van der Waals surface area contributed by atoms with Gasteiger partial charge in [-0.2, -0.15) is 5.26 Å². The third-order valence-electron chi connectivity index (χ3n) is 3.79. The van der Waals surface area contributed by atoms with Gasteiger partial charge in [0.15, 0.2) is 0 Å². The molecule has 2 N–H and O–H groups in total. The zero-order valence-corrected chi connectivity index (χ0v) is 10.4. The van der Waals surface area contributed by atoms with Gasteiger partial charge in [-0.3, -0.25) is 0 Å². The summed E-state index contributed by atoms with van der Waals surface area (Å²) in [5.41, 5.74) is 2.95. The molecule has 0 radical (unpaired) electrons. The summed E-state index contributed by atoms with van der Waals surface area (Å²) >= 11 is 0. The molecule has 0 aliphatic heterocycles. The van der Waals surface area contributed by atoms with E-state index < -0.39 is 0 Å². The summed E-state index contributed by atoms with van der Waals surface area (Å²) in [4.78, 5) is 3.12. The van der Waals surface area contributed by atoms with Gasteiger partial charge in [-0.05, 0) is 43.0 Å². The van der Waals surface area contributed by atoms with Gasteiger partial charge >= 0.3 is 0 Å². The fraction of sp³-hybridized carbons (Fsp3) is 0.400. The number of benzene rings is 1. The number of nitriles is 1. The van der Waals surface area contributed by atoms with Crippen molar-refractivity contribution in [3.63, 3.8) is 0 Å². The third kappa shape index (κ3) is 2.25. The van der Waals surface area contributed by atoms with Gasteiger partial charge in [0.25, 0.3) is 0 Å². The Hall–Kier alpha value is -1.79. The first-order valence-electron chi connectivity index (χ1n) is 6.57. The molecular formula is C15H17N3. The van der Waals surface area contributed by atoms with Crippen LogP contribution >= 0.6 is 0 Å². The normalized spacial score (nSPS) is 15.5. The van der Waals surface area contributed by atoms with Crippen LogP contribution in [0.3, 0.4) is 0 Å². The number of hydrogen-bond donors (Lipinski definition) is 2. The number of aromatic amines is 1. The van der Waals surface area contributed by atoms with E-state index in [-0.39, 0.29) is 0 Å². The Morgan fingerprint density at radius 3 is 2.94 bits per heavy atom. The van der Waals surface area contributed by atoms with Crippen LogP contribution in [0.2, 0.25) is 0 Å². The van der Waals surface area contributed by atoms with Gasteiger partial charge < -0.3 is 10.3 Å². The highest BCUT2D eigenvalue weighted by molar-refractivity contribution is 5.81. The highest BCUT2D eigenvalue weighted by Crippen LogP contribution is 2.25. The molecule has 1 aliphatic carbocycles. The summed E-state index contributed by atoms with van der Waals surface area (Å²) in [5.74, 6) is 0.893. The van der Waals surface area contributed by atoms with Crippen LogP contribution in [0.15, 0.2) is 24.3 Å². The molecule has 1 fully saturated rings. The molecule has 1 heterocycles. The topological polar surface area (TPSA) is 51.6 Å². The number of nitrogens with one attached hydrogen (secondary N) is 2. The standard InChI is InChI=1S/C15H17N3/c16-8-14-7-13-5-4-12(6-15(13)18-14)10-17-9-11-2-1-3-11/h4-7,11,17-18H,1-3,9-10H2. The van der Waals surface area contributed by atoms with E-state index in [9.17, 15) is 0 Å². The highest BCUT2D eigenvalue weighted by Gasteiger charge is 2.16. The van der Waals surface area contributed by atoms with Crippen molar-refractivity contribution in [3.05, 3.63) is 35.5 Å². The Morgan fingerprint density at radius 2 is 2.22 bits per heavy atom. The maximum atomic E-state index is 8.85. The van der Waals surface area contributed by atoms with E-state index in [1.165, 1.54) is 24.8 Å². The summed E-state index contributed by atoms with van der Waals surface area (Å²) in [6.45, 7) is 2.04. The fourth-order valence-electron chi connectivity index (χ4n) is 2.46. The molecule has 18 heavy (non-hydrogen) atoms. The third-order valence-corrected chi connectivity index (χ3v) is 3.79. The zero-order chi connectivity index (χ0) is 12.4. The van der Waals surface area contributed by atoms with E-state index in [4.69, 9.17) is 5.26 Å². The average Bonchev–Trinajstić information content (AvgIpc) is 2.74. The zero-order valence-electron chi connectivity index (χ0n) is 10.4. The molecule has 3 nitrogen and oxygen atoms in total. The van der Waals surface area contributed by atoms with Gasteiger partial charge in [-0.25, -0.2) is 0 Å². The second kappa shape index (κ2) is 4.83. The lowest BCUT2D eigenvalue weighted by atomic mass is 9.85. The maximum absolute atomic E-state index is 8.85. The molecular weight excluding hydrogens is 222 g/mol. The van der Waals surface area contributed by atoms with Crippen molar-refractivity contribution in [1.29, 1.82) is 5.26 Å². The lowest BCUT2D eigenvalue weighted by Gasteiger charge is -2.25. The molecule has 92 valence electrons. The van der Waals surface area contributed by atoms with E-state index in [2.05, 4.69) is 34.6 Å². The van der Waals surface area contributed by atoms with E-state index in [1.807, 2.05) is 6.07 Å². The monoisotopic (exact) mass is 239 g/mol. The fourth-order valence-corrected chi connectivity index (χ4v) is 2.46. The Bertz CT molecular complexity index is 587. The van der Waals surface area contributed by atoms with Crippen LogP contribution in [0.5, 0.6) is 0 Å². The van der Waals surface area contributed by atoms with E-state index in [1.54, 1.807) is 0 Å². The van der Waals surface area contributed by atoms with Crippen molar-refractivity contribution < 1.29 is 0 Å². The first kappa shape index (κ1) is 11.3. The number of hydrogen-bond acceptors (Lipinski definition) is 2. The lowest BCUT2D eigenvalue weighted by Crippen LogP contribution is -2.26. The predicted octanol–water partition coefficient (Wildman–Crippen LogP) is 2.93. The molecule has 1 aliphatic rings. The molecule has 3 rings (SSSR count). The summed E-state index contributed by atoms with van der Waals surface area (Å²) < 4.78 is 0. The van der Waals surface area contributed by atoms with Crippen molar-refractivity contribution in [2.24, 2.45) is 5.92 Å². The summed E-state index contributed by atoms with van der Waals surface area (Å²) in [7, 11) is 0. The molecule has 0 unspecified atom stereocenters. The van der Waals surface area contributed by atoms with Crippen LogP contribution in [0, 0.1) is 17.2 Å². The molecule has 1 aromatic carbocycles. The van der Waals surface area contributed by atoms with Crippen molar-refractivity contribution in [2.75, 3.05) is 6.54 Å². The van der Waals surface area contributed by atoms with Gasteiger partial charge in [0.1, 0.15) is 11.8 Å². The molecule has 3 heteroatoms. The van der Waals surface area contributed by atoms with Crippen molar-refractivity contribution in [3.8, 4) is 6.07 Å². The van der Waals surface area contributed by atoms with Crippen LogP contribution in [0.1, 0.15) is 30.5 Å². The number of rotatable bonds is 4. The summed E-state index contributed by atoms with van der Waals surface area (Å²) in [6.07, 6.45) is 4.17. The van der Waals surface area contributed by atoms with E-state index >= 15 is 0 Å². The molecule has 0 bridgehead atoms. The summed E-state index contributed by atoms with van der Waals surface area (Å²) in [5, 5.41) is 13.5. The van der Waals surface area contributed by atoms with Crippen LogP contribution in [-0.2, 0) is 6.54 Å². The first-order valence-corrected chi connectivity index (χ1v) is 6.57. The van der Waals surface area contributed by atoms with E-state index in [0.717, 1.165) is 29.9 Å². The molecule has 0 saturated heterocycles. The predicted molar refractivity (Wildman–Crippen MR) is 72.1 cm³/mol. The second-order valence-electron chi connectivity index (χ2n) is 5.14. The molecule has 0 spiro atoms. The smallest absolute Gasteiger partial charge is 0.118 e. The van der Waals surface area contributed by atoms with Crippen LogP contribution < -0.4 is 5.32 Å². The van der Waals surface area contributed by atoms with Crippen LogP contribution in [0.4, 0.5) is 0 Å². The first-order chi connectivity index (χ1) is 8.85. The van der Waals surface area contributed by atoms with Gasteiger partial charge in [0.2, 0.25) is 0 Å². The molecule has 0 atom stereocenters. The van der Waals surface area contributed by atoms with Crippen molar-refractivity contribution >= 4 is 10.9 Å². The Kier molecular flexibility index (Phi) is 3.04. The van der Waals surface area contributed by atoms with Crippen LogP contribution in [0.25, 0.3) is 10.9 Å². The quantitative estimate of drug-likeness (QED) is 0.862. The van der Waals surface area contributed by atoms with Gasteiger partial charge in [0.05, 0.1) is 0 Å². The largest absolute Gasteiger partial charge is 0.346 e. The maximum Gasteiger partial charge on any atom is 0.118 e. The number of fused-ring (bicyclic) bond motifs is 1. The Labute approximate surface area is 107 Å². The number of nitrogens with zero attached hydrogens (tertiary/aromatic N) is 1. The number of aromatic nitrogens is 1. The minimum atomic E-state index is 0.629. The minimum absolute atomic E-state index is 0.629. The lowest BCUT2D eigenvalue weighted by molar-refractivity contribution is 0.301. The van der Waals surface area contributed by atoms with Crippen LogP contribution in [-0.4, -0.2) is 11.5 Å². The summed E-state index contributed by atoms with van der Waals surface area (Å²) in [6, 6.07) is 10.4. The average molecular weight is 239 g/mol. The molecule has 2 aromatic rings. The molecule has 1 aromatic heterocycles. The second-order valence-corrected chi connectivity index (χ2v) is 5.14.